The van der Waals surface area contributed by atoms with Gasteiger partial charge >= 0.3 is 5.97 Å². The molecular weight excluding hydrogens is 230 g/mol. The van der Waals surface area contributed by atoms with Crippen molar-refractivity contribution in [1.82, 2.24) is 4.90 Å². The van der Waals surface area contributed by atoms with Crippen LogP contribution in [-0.2, 0) is 14.3 Å². The third-order valence-corrected chi connectivity index (χ3v) is 3.34. The Hall–Kier alpha value is -1.05. The van der Waals surface area contributed by atoms with Crippen LogP contribution in [0.5, 0.6) is 0 Å². The minimum atomic E-state index is -0.264. The van der Waals surface area contributed by atoms with E-state index in [1.165, 1.54) is 6.92 Å². The molecule has 102 valence electrons. The molecule has 0 radical (unpaired) electrons. The average molecular weight is 253 g/mol. The summed E-state index contributed by atoms with van der Waals surface area (Å²) in [7, 11) is 2.02. The first kappa shape index (κ1) is 15.0. The molecule has 0 unspecified atom stereocenters. The summed E-state index contributed by atoms with van der Waals surface area (Å²) in [5.41, 5.74) is 0. The van der Waals surface area contributed by atoms with Crippen LogP contribution in [0.2, 0.25) is 0 Å². The normalized spacial score (nSPS) is 32.0. The summed E-state index contributed by atoms with van der Waals surface area (Å²) < 4.78 is 11.1. The van der Waals surface area contributed by atoms with Gasteiger partial charge in [-0.15, -0.1) is 12.3 Å². The van der Waals surface area contributed by atoms with Gasteiger partial charge in [-0.1, -0.05) is 0 Å². The van der Waals surface area contributed by atoms with E-state index in [4.69, 9.17) is 15.9 Å². The zero-order chi connectivity index (χ0) is 13.7. The molecule has 0 aromatic carbocycles. The summed E-state index contributed by atoms with van der Waals surface area (Å²) in [5.74, 6) is 2.37. The van der Waals surface area contributed by atoms with E-state index in [0.29, 0.717) is 6.42 Å². The van der Waals surface area contributed by atoms with Crippen molar-refractivity contribution in [3.05, 3.63) is 0 Å². The Kier molecular flexibility index (Phi) is 5.64. The quantitative estimate of drug-likeness (QED) is 0.561. The Morgan fingerprint density at radius 1 is 1.56 bits per heavy atom. The zero-order valence-electron chi connectivity index (χ0n) is 11.7. The summed E-state index contributed by atoms with van der Waals surface area (Å²) in [6.07, 6.45) is 6.70. The molecule has 1 aliphatic rings. The maximum Gasteiger partial charge on any atom is 0.303 e. The van der Waals surface area contributed by atoms with E-state index in [1.54, 1.807) is 0 Å². The highest BCUT2D eigenvalue weighted by molar-refractivity contribution is 5.66. The number of rotatable bonds is 4. The van der Waals surface area contributed by atoms with Crippen LogP contribution in [0.4, 0.5) is 0 Å². The molecule has 1 heterocycles. The van der Waals surface area contributed by atoms with Gasteiger partial charge in [0.05, 0.1) is 18.2 Å². The monoisotopic (exact) mass is 253 g/mol. The van der Waals surface area contributed by atoms with Crippen LogP contribution in [0.25, 0.3) is 0 Å². The highest BCUT2D eigenvalue weighted by atomic mass is 16.6. The Bertz CT molecular complexity index is 323. The molecule has 0 amide bonds. The third kappa shape index (κ3) is 4.01. The number of terminal acetylenes is 1. The lowest BCUT2D eigenvalue weighted by Crippen LogP contribution is -2.55. The topological polar surface area (TPSA) is 38.8 Å². The number of esters is 1. The van der Waals surface area contributed by atoms with Crippen molar-refractivity contribution in [2.24, 2.45) is 0 Å². The smallest absolute Gasteiger partial charge is 0.303 e. The molecule has 0 aliphatic carbocycles. The SMILES string of the molecule is C#CCCN(C)[C@H]1C[C@@H](C)O[C@@H](C)[C@@H]1OC(C)=O. The molecule has 0 N–H and O–H groups in total. The maximum absolute atomic E-state index is 11.2. The van der Waals surface area contributed by atoms with Crippen molar-refractivity contribution >= 4 is 5.97 Å². The number of carbonyl (C=O) groups is 1. The second-order valence-corrected chi connectivity index (χ2v) is 4.96. The number of hydrogen-bond donors (Lipinski definition) is 0. The van der Waals surface area contributed by atoms with Crippen LogP contribution in [-0.4, -0.2) is 48.8 Å². The molecule has 0 bridgehead atoms. The fourth-order valence-electron chi connectivity index (χ4n) is 2.49. The maximum atomic E-state index is 11.2. The molecule has 18 heavy (non-hydrogen) atoms. The number of carbonyl (C=O) groups excluding carboxylic acids is 1. The first-order chi connectivity index (χ1) is 8.45. The minimum absolute atomic E-state index is 0.0871. The van der Waals surface area contributed by atoms with Crippen LogP contribution < -0.4 is 0 Å². The number of hydrogen-bond acceptors (Lipinski definition) is 4. The average Bonchev–Trinajstić information content (AvgIpc) is 2.28. The van der Waals surface area contributed by atoms with E-state index in [-0.39, 0.29) is 30.3 Å². The highest BCUT2D eigenvalue weighted by Gasteiger charge is 2.39. The van der Waals surface area contributed by atoms with Gasteiger partial charge < -0.3 is 9.47 Å². The van der Waals surface area contributed by atoms with E-state index < -0.39 is 0 Å². The Morgan fingerprint density at radius 2 is 2.22 bits per heavy atom. The second kappa shape index (κ2) is 6.77. The van der Waals surface area contributed by atoms with Crippen molar-refractivity contribution in [3.63, 3.8) is 0 Å². The summed E-state index contributed by atoms with van der Waals surface area (Å²) in [5, 5.41) is 0. The van der Waals surface area contributed by atoms with E-state index in [2.05, 4.69) is 10.8 Å². The Morgan fingerprint density at radius 3 is 2.78 bits per heavy atom. The minimum Gasteiger partial charge on any atom is -0.458 e. The predicted molar refractivity (Wildman–Crippen MR) is 70.0 cm³/mol. The molecule has 1 aliphatic heterocycles. The fourth-order valence-corrected chi connectivity index (χ4v) is 2.49. The number of nitrogens with zero attached hydrogens (tertiary/aromatic N) is 1. The molecule has 0 aromatic rings. The molecule has 1 fully saturated rings. The molecule has 0 spiro atoms. The molecule has 4 heteroatoms. The first-order valence-electron chi connectivity index (χ1n) is 6.42. The molecule has 0 aromatic heterocycles. The number of likely N-dealkylation sites (N-methyl/N-ethyl adjacent to an activating group) is 1. The largest absolute Gasteiger partial charge is 0.458 e. The lowest BCUT2D eigenvalue weighted by atomic mass is 9.95. The summed E-state index contributed by atoms with van der Waals surface area (Å²) in [6.45, 7) is 6.23. The van der Waals surface area contributed by atoms with Crippen LogP contribution in [0.1, 0.15) is 33.6 Å². The Labute approximate surface area is 110 Å². The third-order valence-electron chi connectivity index (χ3n) is 3.34. The molecule has 4 nitrogen and oxygen atoms in total. The van der Waals surface area contributed by atoms with Gasteiger partial charge in [0.2, 0.25) is 0 Å². The van der Waals surface area contributed by atoms with Crippen LogP contribution in [0.15, 0.2) is 0 Å². The molecule has 0 saturated carbocycles. The van der Waals surface area contributed by atoms with Crippen molar-refractivity contribution in [2.75, 3.05) is 13.6 Å². The summed E-state index contributed by atoms with van der Waals surface area (Å²) in [4.78, 5) is 13.4. The van der Waals surface area contributed by atoms with Gasteiger partial charge in [-0.25, -0.2) is 0 Å². The van der Waals surface area contributed by atoms with Gasteiger partial charge in [-0.05, 0) is 27.3 Å². The van der Waals surface area contributed by atoms with E-state index in [1.807, 2.05) is 20.9 Å². The van der Waals surface area contributed by atoms with Crippen LogP contribution in [0, 0.1) is 12.3 Å². The van der Waals surface area contributed by atoms with E-state index >= 15 is 0 Å². The molecule has 4 atom stereocenters. The standard InChI is InChI=1S/C14H23NO3/c1-6-7-8-15(5)13-9-10(2)17-11(3)14(13)18-12(4)16/h1,10-11,13-14H,7-9H2,2-5H3/t10-,11+,13+,14+/m1/s1. The molecule has 1 saturated heterocycles. The molecular formula is C14H23NO3. The van der Waals surface area contributed by atoms with Crippen molar-refractivity contribution in [3.8, 4) is 12.3 Å². The van der Waals surface area contributed by atoms with Gasteiger partial charge in [0, 0.05) is 19.9 Å². The van der Waals surface area contributed by atoms with E-state index in [0.717, 1.165) is 13.0 Å². The lowest BCUT2D eigenvalue weighted by Gasteiger charge is -2.42. The molecule has 1 rings (SSSR count). The Balaban J connectivity index is 2.73. The lowest BCUT2D eigenvalue weighted by molar-refractivity contribution is -0.179. The van der Waals surface area contributed by atoms with Gasteiger partial charge in [0.25, 0.3) is 0 Å². The van der Waals surface area contributed by atoms with Crippen molar-refractivity contribution in [1.29, 1.82) is 0 Å². The van der Waals surface area contributed by atoms with Gasteiger partial charge in [0.15, 0.2) is 0 Å². The van der Waals surface area contributed by atoms with Crippen molar-refractivity contribution < 1.29 is 14.3 Å². The number of ether oxygens (including phenoxy) is 2. The second-order valence-electron chi connectivity index (χ2n) is 4.96. The summed E-state index contributed by atoms with van der Waals surface area (Å²) in [6, 6.07) is 0.168. The van der Waals surface area contributed by atoms with Gasteiger partial charge in [-0.2, -0.15) is 0 Å². The summed E-state index contributed by atoms with van der Waals surface area (Å²) >= 11 is 0. The van der Waals surface area contributed by atoms with Crippen LogP contribution >= 0.6 is 0 Å². The van der Waals surface area contributed by atoms with Gasteiger partial charge in [-0.3, -0.25) is 9.69 Å². The van der Waals surface area contributed by atoms with Crippen LogP contribution in [0.3, 0.4) is 0 Å². The van der Waals surface area contributed by atoms with E-state index in [9.17, 15) is 4.79 Å². The predicted octanol–water partition coefficient (Wildman–Crippen LogP) is 1.44. The highest BCUT2D eigenvalue weighted by Crippen LogP contribution is 2.26. The zero-order valence-corrected chi connectivity index (χ0v) is 11.7. The fraction of sp³-hybridized carbons (Fsp3) is 0.786. The first-order valence-corrected chi connectivity index (χ1v) is 6.42. The van der Waals surface area contributed by atoms with Gasteiger partial charge in [0.1, 0.15) is 6.10 Å². The van der Waals surface area contributed by atoms with Crippen molar-refractivity contribution in [2.45, 2.75) is 58.0 Å².